The number of rotatable bonds is 2. The molecule has 0 bridgehead atoms. The van der Waals surface area contributed by atoms with E-state index in [1.807, 2.05) is 18.2 Å². The Hall–Kier alpha value is -1.55. The Labute approximate surface area is 126 Å². The van der Waals surface area contributed by atoms with E-state index in [1.54, 1.807) is 7.11 Å². The van der Waals surface area contributed by atoms with Crippen LogP contribution in [0.3, 0.4) is 0 Å². The highest BCUT2D eigenvalue weighted by atomic mass is 79.9. The van der Waals surface area contributed by atoms with Crippen LogP contribution in [0.4, 0.5) is 10.1 Å². The third kappa shape index (κ3) is 2.52. The average molecular weight is 336 g/mol. The first-order valence-electron chi connectivity index (χ1n) is 6.56. The molecule has 2 nitrogen and oxygen atoms in total. The average Bonchev–Trinajstić information content (AvgIpc) is 2.46. The number of benzene rings is 2. The quantitative estimate of drug-likeness (QED) is 0.859. The molecule has 0 saturated carbocycles. The summed E-state index contributed by atoms with van der Waals surface area (Å²) in [6, 6.07) is 11.0. The van der Waals surface area contributed by atoms with Crippen LogP contribution in [-0.4, -0.2) is 7.11 Å². The zero-order chi connectivity index (χ0) is 14.1. The minimum absolute atomic E-state index is 0.197. The molecule has 0 radical (unpaired) electrons. The maximum atomic E-state index is 13.0. The lowest BCUT2D eigenvalue weighted by Gasteiger charge is -2.28. The highest BCUT2D eigenvalue weighted by Gasteiger charge is 2.20. The van der Waals surface area contributed by atoms with Crippen molar-refractivity contribution in [3.8, 4) is 5.75 Å². The van der Waals surface area contributed by atoms with E-state index in [2.05, 4.69) is 27.3 Å². The molecule has 1 N–H and O–H groups in total. The lowest BCUT2D eigenvalue weighted by atomic mass is 9.93. The van der Waals surface area contributed by atoms with Crippen molar-refractivity contribution < 1.29 is 9.13 Å². The van der Waals surface area contributed by atoms with Gasteiger partial charge in [-0.05, 0) is 64.2 Å². The number of anilines is 1. The van der Waals surface area contributed by atoms with Crippen molar-refractivity contribution in [2.24, 2.45) is 0 Å². The zero-order valence-electron chi connectivity index (χ0n) is 11.1. The standard InChI is InChI=1S/C16H15BrFNO/c1-20-16-8-11-4-7-14(19-15(11)9-13(16)17)10-2-5-12(18)6-3-10/h2-3,5-6,8-9,14,19H,4,7H2,1H3. The number of methoxy groups -OCH3 is 1. The molecule has 1 heterocycles. The van der Waals surface area contributed by atoms with Crippen molar-refractivity contribution in [2.45, 2.75) is 18.9 Å². The van der Waals surface area contributed by atoms with Crippen LogP contribution in [0, 0.1) is 5.82 Å². The molecule has 2 aromatic rings. The molecule has 1 atom stereocenters. The van der Waals surface area contributed by atoms with Gasteiger partial charge in [0.1, 0.15) is 11.6 Å². The van der Waals surface area contributed by atoms with Gasteiger partial charge in [0, 0.05) is 5.69 Å². The van der Waals surface area contributed by atoms with Crippen LogP contribution in [0.15, 0.2) is 40.9 Å². The van der Waals surface area contributed by atoms with E-state index in [4.69, 9.17) is 4.74 Å². The highest BCUT2D eigenvalue weighted by Crippen LogP contribution is 2.38. The van der Waals surface area contributed by atoms with Crippen LogP contribution >= 0.6 is 15.9 Å². The number of halogens is 2. The third-order valence-electron chi connectivity index (χ3n) is 3.68. The third-order valence-corrected chi connectivity index (χ3v) is 4.30. The summed E-state index contributed by atoms with van der Waals surface area (Å²) in [4.78, 5) is 0. The SMILES string of the molecule is COc1cc2c(cc1Br)NC(c1ccc(F)cc1)CC2. The van der Waals surface area contributed by atoms with Gasteiger partial charge in [-0.2, -0.15) is 0 Å². The predicted molar refractivity (Wildman–Crippen MR) is 81.8 cm³/mol. The van der Waals surface area contributed by atoms with E-state index in [9.17, 15) is 4.39 Å². The monoisotopic (exact) mass is 335 g/mol. The summed E-state index contributed by atoms with van der Waals surface area (Å²) in [5.41, 5.74) is 3.48. The van der Waals surface area contributed by atoms with Gasteiger partial charge in [0.15, 0.2) is 0 Å². The number of hydrogen-bond donors (Lipinski definition) is 1. The van der Waals surface area contributed by atoms with Crippen LogP contribution in [0.2, 0.25) is 0 Å². The summed E-state index contributed by atoms with van der Waals surface area (Å²) < 4.78 is 19.2. The number of ether oxygens (including phenoxy) is 1. The molecule has 0 aliphatic carbocycles. The van der Waals surface area contributed by atoms with Gasteiger partial charge in [-0.1, -0.05) is 12.1 Å². The van der Waals surface area contributed by atoms with Crippen LogP contribution < -0.4 is 10.1 Å². The molecule has 0 spiro atoms. The van der Waals surface area contributed by atoms with Crippen LogP contribution in [0.5, 0.6) is 5.75 Å². The molecular weight excluding hydrogens is 321 g/mol. The largest absolute Gasteiger partial charge is 0.496 e. The van der Waals surface area contributed by atoms with Crippen LogP contribution in [0.25, 0.3) is 0 Å². The molecule has 2 aromatic carbocycles. The molecular formula is C16H15BrFNO. The maximum absolute atomic E-state index is 13.0. The lowest BCUT2D eigenvalue weighted by molar-refractivity contribution is 0.411. The van der Waals surface area contributed by atoms with E-state index < -0.39 is 0 Å². The van der Waals surface area contributed by atoms with Gasteiger partial charge in [0.05, 0.1) is 17.6 Å². The normalized spacial score (nSPS) is 17.2. The van der Waals surface area contributed by atoms with Crippen LogP contribution in [0.1, 0.15) is 23.6 Å². The minimum atomic E-state index is -0.197. The Balaban J connectivity index is 1.88. The fourth-order valence-electron chi connectivity index (χ4n) is 2.60. The number of nitrogens with one attached hydrogen (secondary N) is 1. The van der Waals surface area contributed by atoms with Crippen molar-refractivity contribution in [2.75, 3.05) is 12.4 Å². The van der Waals surface area contributed by atoms with E-state index in [0.29, 0.717) is 0 Å². The first-order chi connectivity index (χ1) is 9.67. The summed E-state index contributed by atoms with van der Waals surface area (Å²) in [7, 11) is 1.67. The Bertz CT molecular complexity index is 627. The van der Waals surface area contributed by atoms with E-state index >= 15 is 0 Å². The maximum Gasteiger partial charge on any atom is 0.133 e. The second-order valence-corrected chi connectivity index (χ2v) is 5.79. The van der Waals surface area contributed by atoms with Crippen molar-refractivity contribution in [1.29, 1.82) is 0 Å². The number of aryl methyl sites for hydroxylation is 1. The Morgan fingerprint density at radius 2 is 2.00 bits per heavy atom. The Morgan fingerprint density at radius 1 is 1.25 bits per heavy atom. The molecule has 0 aromatic heterocycles. The van der Waals surface area contributed by atoms with Gasteiger partial charge in [-0.25, -0.2) is 4.39 Å². The Morgan fingerprint density at radius 3 is 2.70 bits per heavy atom. The summed E-state index contributed by atoms with van der Waals surface area (Å²) in [5, 5.41) is 3.52. The van der Waals surface area contributed by atoms with Gasteiger partial charge in [0.25, 0.3) is 0 Å². The summed E-state index contributed by atoms with van der Waals surface area (Å²) >= 11 is 3.51. The first-order valence-corrected chi connectivity index (χ1v) is 7.35. The summed E-state index contributed by atoms with van der Waals surface area (Å²) in [6.45, 7) is 0. The molecule has 3 rings (SSSR count). The predicted octanol–water partition coefficient (Wildman–Crippen LogP) is 4.70. The van der Waals surface area contributed by atoms with E-state index in [0.717, 1.165) is 34.3 Å². The first kappa shape index (κ1) is 13.4. The Kier molecular flexibility index (Phi) is 3.66. The van der Waals surface area contributed by atoms with Gasteiger partial charge in [-0.15, -0.1) is 0 Å². The van der Waals surface area contributed by atoms with E-state index in [-0.39, 0.29) is 11.9 Å². The topological polar surface area (TPSA) is 21.3 Å². The highest BCUT2D eigenvalue weighted by molar-refractivity contribution is 9.10. The molecule has 1 unspecified atom stereocenters. The summed E-state index contributed by atoms with van der Waals surface area (Å²) in [6.07, 6.45) is 1.97. The molecule has 4 heteroatoms. The molecule has 104 valence electrons. The zero-order valence-corrected chi connectivity index (χ0v) is 12.7. The molecule has 0 fully saturated rings. The molecule has 0 saturated heterocycles. The van der Waals surface area contributed by atoms with E-state index in [1.165, 1.54) is 17.7 Å². The second kappa shape index (κ2) is 5.44. The van der Waals surface area contributed by atoms with Gasteiger partial charge < -0.3 is 10.1 Å². The second-order valence-electron chi connectivity index (χ2n) is 4.93. The van der Waals surface area contributed by atoms with Gasteiger partial charge >= 0.3 is 0 Å². The molecule has 1 aliphatic rings. The van der Waals surface area contributed by atoms with Gasteiger partial charge in [0.2, 0.25) is 0 Å². The number of fused-ring (bicyclic) bond motifs is 1. The number of hydrogen-bond acceptors (Lipinski definition) is 2. The van der Waals surface area contributed by atoms with Crippen molar-refractivity contribution in [3.63, 3.8) is 0 Å². The molecule has 20 heavy (non-hydrogen) atoms. The molecule has 0 amide bonds. The fraction of sp³-hybridized carbons (Fsp3) is 0.250. The van der Waals surface area contributed by atoms with Crippen molar-refractivity contribution in [1.82, 2.24) is 0 Å². The smallest absolute Gasteiger partial charge is 0.133 e. The van der Waals surface area contributed by atoms with Gasteiger partial charge in [-0.3, -0.25) is 0 Å². The lowest BCUT2D eigenvalue weighted by Crippen LogP contribution is -2.18. The fourth-order valence-corrected chi connectivity index (χ4v) is 3.10. The summed E-state index contributed by atoms with van der Waals surface area (Å²) in [5.74, 6) is 0.656. The van der Waals surface area contributed by atoms with Crippen molar-refractivity contribution in [3.05, 3.63) is 57.8 Å². The van der Waals surface area contributed by atoms with Crippen LogP contribution in [-0.2, 0) is 6.42 Å². The molecule has 1 aliphatic heterocycles. The minimum Gasteiger partial charge on any atom is -0.496 e. The van der Waals surface area contributed by atoms with Crippen molar-refractivity contribution >= 4 is 21.6 Å².